The number of rotatable bonds is 4. The lowest BCUT2D eigenvalue weighted by molar-refractivity contribution is -0.118. The molecule has 4 heteroatoms. The number of amides is 1. The molecule has 1 N–H and O–H groups in total. The van der Waals surface area contributed by atoms with Crippen molar-refractivity contribution in [3.8, 4) is 0 Å². The molecule has 0 bridgehead atoms. The summed E-state index contributed by atoms with van der Waals surface area (Å²) in [4.78, 5) is 14.4. The standard InChI is InChI=1S/C11H13FN2O/c1-9(15)13-7-3-2-4-11-6-5-10(12)8-14-11/h2,4-6,8H,3,7H2,1H3,(H,13,15). The van der Waals surface area contributed by atoms with Crippen LogP contribution in [0.1, 0.15) is 19.0 Å². The summed E-state index contributed by atoms with van der Waals surface area (Å²) < 4.78 is 12.5. The molecule has 0 aliphatic rings. The molecule has 1 rings (SSSR count). The van der Waals surface area contributed by atoms with E-state index >= 15 is 0 Å². The molecule has 1 heterocycles. The van der Waals surface area contributed by atoms with Crippen LogP contribution >= 0.6 is 0 Å². The molecular weight excluding hydrogens is 195 g/mol. The number of aromatic nitrogens is 1. The third kappa shape index (κ3) is 4.90. The smallest absolute Gasteiger partial charge is 0.216 e. The highest BCUT2D eigenvalue weighted by atomic mass is 19.1. The molecule has 1 aromatic heterocycles. The largest absolute Gasteiger partial charge is 0.356 e. The Kier molecular flexibility index (Phi) is 4.47. The van der Waals surface area contributed by atoms with E-state index in [0.29, 0.717) is 12.2 Å². The Hall–Kier alpha value is -1.71. The van der Waals surface area contributed by atoms with Crippen molar-refractivity contribution in [2.24, 2.45) is 0 Å². The van der Waals surface area contributed by atoms with Crippen molar-refractivity contribution < 1.29 is 9.18 Å². The maximum atomic E-state index is 12.5. The van der Waals surface area contributed by atoms with Gasteiger partial charge in [-0.05, 0) is 24.6 Å². The van der Waals surface area contributed by atoms with E-state index in [1.54, 1.807) is 12.1 Å². The van der Waals surface area contributed by atoms with Gasteiger partial charge < -0.3 is 5.32 Å². The third-order valence-corrected chi connectivity index (χ3v) is 1.72. The number of hydrogen-bond donors (Lipinski definition) is 1. The second-order valence-corrected chi connectivity index (χ2v) is 3.08. The maximum absolute atomic E-state index is 12.5. The van der Waals surface area contributed by atoms with Crippen LogP contribution in [0.25, 0.3) is 6.08 Å². The molecule has 3 nitrogen and oxygen atoms in total. The topological polar surface area (TPSA) is 42.0 Å². The van der Waals surface area contributed by atoms with Crippen LogP contribution in [-0.2, 0) is 4.79 Å². The molecule has 0 unspecified atom stereocenters. The molecule has 0 aromatic carbocycles. The van der Waals surface area contributed by atoms with E-state index in [1.165, 1.54) is 19.2 Å². The Bertz CT molecular complexity index is 346. The molecule has 0 aliphatic heterocycles. The van der Waals surface area contributed by atoms with Crippen LogP contribution in [0.5, 0.6) is 0 Å². The normalized spacial score (nSPS) is 10.5. The molecule has 0 radical (unpaired) electrons. The lowest BCUT2D eigenvalue weighted by atomic mass is 10.3. The molecule has 0 fully saturated rings. The lowest BCUT2D eigenvalue weighted by Gasteiger charge is -1.96. The van der Waals surface area contributed by atoms with Crippen LogP contribution < -0.4 is 5.32 Å². The van der Waals surface area contributed by atoms with Crippen LogP contribution in [0.4, 0.5) is 4.39 Å². The Morgan fingerprint density at radius 1 is 1.60 bits per heavy atom. The van der Waals surface area contributed by atoms with Gasteiger partial charge in [0.05, 0.1) is 11.9 Å². The zero-order valence-corrected chi connectivity index (χ0v) is 8.53. The van der Waals surface area contributed by atoms with E-state index in [-0.39, 0.29) is 11.7 Å². The van der Waals surface area contributed by atoms with E-state index < -0.39 is 0 Å². The van der Waals surface area contributed by atoms with Crippen molar-refractivity contribution in [2.75, 3.05) is 6.54 Å². The first-order chi connectivity index (χ1) is 7.18. The molecule has 0 saturated heterocycles. The van der Waals surface area contributed by atoms with Gasteiger partial charge in [-0.25, -0.2) is 4.39 Å². The van der Waals surface area contributed by atoms with E-state index in [9.17, 15) is 9.18 Å². The van der Waals surface area contributed by atoms with Gasteiger partial charge in [0, 0.05) is 13.5 Å². The van der Waals surface area contributed by atoms with Crippen molar-refractivity contribution in [3.05, 3.63) is 35.9 Å². The van der Waals surface area contributed by atoms with Gasteiger partial charge in [-0.15, -0.1) is 0 Å². The van der Waals surface area contributed by atoms with Crippen molar-refractivity contribution in [2.45, 2.75) is 13.3 Å². The molecule has 0 aliphatic carbocycles. The van der Waals surface area contributed by atoms with Gasteiger partial charge in [0.1, 0.15) is 5.82 Å². The van der Waals surface area contributed by atoms with E-state index in [2.05, 4.69) is 10.3 Å². The molecular formula is C11H13FN2O. The fourth-order valence-corrected chi connectivity index (χ4v) is 1.02. The summed E-state index contributed by atoms with van der Waals surface area (Å²) in [5.41, 5.74) is 0.708. The number of carbonyl (C=O) groups is 1. The minimum Gasteiger partial charge on any atom is -0.356 e. The van der Waals surface area contributed by atoms with Gasteiger partial charge in [-0.3, -0.25) is 9.78 Å². The first-order valence-electron chi connectivity index (χ1n) is 4.71. The van der Waals surface area contributed by atoms with Crippen molar-refractivity contribution in [1.29, 1.82) is 0 Å². The predicted octanol–water partition coefficient (Wildman–Crippen LogP) is 1.76. The highest BCUT2D eigenvalue weighted by molar-refractivity contribution is 5.72. The van der Waals surface area contributed by atoms with Crippen molar-refractivity contribution >= 4 is 12.0 Å². The van der Waals surface area contributed by atoms with Crippen molar-refractivity contribution in [3.63, 3.8) is 0 Å². The summed E-state index contributed by atoms with van der Waals surface area (Å²) in [5.74, 6) is -0.381. The zero-order chi connectivity index (χ0) is 11.1. The summed E-state index contributed by atoms with van der Waals surface area (Å²) in [6, 6.07) is 2.96. The first-order valence-corrected chi connectivity index (χ1v) is 4.71. The number of carbonyl (C=O) groups excluding carboxylic acids is 1. The number of hydrogen-bond acceptors (Lipinski definition) is 2. The summed E-state index contributed by atoms with van der Waals surface area (Å²) in [7, 11) is 0. The third-order valence-electron chi connectivity index (χ3n) is 1.72. The molecule has 0 atom stereocenters. The van der Waals surface area contributed by atoms with Gasteiger partial charge in [-0.2, -0.15) is 0 Å². The summed E-state index contributed by atoms with van der Waals surface area (Å²) in [6.45, 7) is 2.08. The molecule has 1 amide bonds. The average Bonchev–Trinajstić information content (AvgIpc) is 2.20. The molecule has 80 valence electrons. The number of nitrogens with one attached hydrogen (secondary N) is 1. The van der Waals surface area contributed by atoms with E-state index in [0.717, 1.165) is 6.42 Å². The second-order valence-electron chi connectivity index (χ2n) is 3.08. The lowest BCUT2D eigenvalue weighted by Crippen LogP contribution is -2.20. The van der Waals surface area contributed by atoms with Crippen LogP contribution in [-0.4, -0.2) is 17.4 Å². The van der Waals surface area contributed by atoms with E-state index in [4.69, 9.17) is 0 Å². The zero-order valence-electron chi connectivity index (χ0n) is 8.53. The Labute approximate surface area is 88.0 Å². The molecule has 1 aromatic rings. The second kappa shape index (κ2) is 5.90. The molecule has 0 saturated carbocycles. The van der Waals surface area contributed by atoms with Gasteiger partial charge in [0.15, 0.2) is 0 Å². The highest BCUT2D eigenvalue weighted by Crippen LogP contribution is 2.00. The Balaban J connectivity index is 2.32. The van der Waals surface area contributed by atoms with Gasteiger partial charge in [0.2, 0.25) is 5.91 Å². The van der Waals surface area contributed by atoms with Crippen molar-refractivity contribution in [1.82, 2.24) is 10.3 Å². The van der Waals surface area contributed by atoms with E-state index in [1.807, 2.05) is 6.08 Å². The summed E-state index contributed by atoms with van der Waals surface area (Å²) in [5, 5.41) is 2.67. The number of halogens is 1. The predicted molar refractivity (Wildman–Crippen MR) is 56.5 cm³/mol. The molecule has 15 heavy (non-hydrogen) atoms. The van der Waals surface area contributed by atoms with Crippen LogP contribution in [0.2, 0.25) is 0 Å². The molecule has 0 spiro atoms. The Morgan fingerprint density at radius 2 is 2.40 bits per heavy atom. The fourth-order valence-electron chi connectivity index (χ4n) is 1.02. The quantitative estimate of drug-likeness (QED) is 0.766. The maximum Gasteiger partial charge on any atom is 0.216 e. The van der Waals surface area contributed by atoms with Gasteiger partial charge in [0.25, 0.3) is 0 Å². The fraction of sp³-hybridized carbons (Fsp3) is 0.273. The Morgan fingerprint density at radius 3 is 3.00 bits per heavy atom. The summed E-state index contributed by atoms with van der Waals surface area (Å²) in [6.07, 6.45) is 5.59. The highest BCUT2D eigenvalue weighted by Gasteiger charge is 1.90. The monoisotopic (exact) mass is 208 g/mol. The SMILES string of the molecule is CC(=O)NCCC=Cc1ccc(F)cn1. The van der Waals surface area contributed by atoms with Crippen LogP contribution in [0.15, 0.2) is 24.4 Å². The first kappa shape index (κ1) is 11.4. The minimum atomic E-state index is -0.342. The number of nitrogens with zero attached hydrogens (tertiary/aromatic N) is 1. The van der Waals surface area contributed by atoms with Gasteiger partial charge in [-0.1, -0.05) is 6.08 Å². The van der Waals surface area contributed by atoms with Crippen LogP contribution in [0.3, 0.4) is 0 Å². The van der Waals surface area contributed by atoms with Gasteiger partial charge >= 0.3 is 0 Å². The van der Waals surface area contributed by atoms with Crippen LogP contribution in [0, 0.1) is 5.82 Å². The average molecular weight is 208 g/mol. The minimum absolute atomic E-state index is 0.0386. The number of pyridine rings is 1. The summed E-state index contributed by atoms with van der Waals surface area (Å²) >= 11 is 0.